The monoisotopic (exact) mass is 266 g/mol. The van der Waals surface area contributed by atoms with Gasteiger partial charge in [-0.15, -0.1) is 5.10 Å². The van der Waals surface area contributed by atoms with Crippen molar-refractivity contribution in [1.29, 1.82) is 0 Å². The lowest BCUT2D eigenvalue weighted by atomic mass is 10.1. The van der Waals surface area contributed by atoms with Crippen LogP contribution in [-0.4, -0.2) is 24.3 Å². The molecule has 1 aromatic heterocycles. The fraction of sp³-hybridized carbons (Fsp3) is 0.333. The maximum atomic E-state index is 5.86. The summed E-state index contributed by atoms with van der Waals surface area (Å²) >= 11 is 5.86. The summed E-state index contributed by atoms with van der Waals surface area (Å²) in [5.74, 6) is 0.618. The number of aryl methyl sites for hydroxylation is 2. The Morgan fingerprint density at radius 1 is 1.28 bits per heavy atom. The summed E-state index contributed by atoms with van der Waals surface area (Å²) in [7, 11) is 3.72. The highest BCUT2D eigenvalue weighted by Crippen LogP contribution is 2.20. The Morgan fingerprint density at radius 2 is 2.06 bits per heavy atom. The molecule has 0 radical (unpaired) electrons. The molecular weight excluding hydrogens is 252 g/mol. The minimum absolute atomic E-state index is 0.514. The van der Waals surface area contributed by atoms with E-state index in [2.05, 4.69) is 10.2 Å². The molecule has 18 heavy (non-hydrogen) atoms. The van der Waals surface area contributed by atoms with Gasteiger partial charge in [0.1, 0.15) is 0 Å². The third kappa shape index (κ3) is 2.92. The summed E-state index contributed by atoms with van der Waals surface area (Å²) in [6.07, 6.45) is 1.47. The first-order valence-corrected chi connectivity index (χ1v) is 5.97. The molecule has 0 aliphatic carbocycles. The summed E-state index contributed by atoms with van der Waals surface area (Å²) in [5.41, 5.74) is 7.43. The number of halogens is 1. The second-order valence-corrected chi connectivity index (χ2v) is 4.64. The average molecular weight is 267 g/mol. The number of nitrogens with zero attached hydrogens (tertiary/aromatic N) is 3. The van der Waals surface area contributed by atoms with Gasteiger partial charge < -0.3 is 15.1 Å². The molecule has 0 amide bonds. The van der Waals surface area contributed by atoms with Crippen LogP contribution in [0.2, 0.25) is 5.02 Å². The fourth-order valence-corrected chi connectivity index (χ4v) is 1.64. The van der Waals surface area contributed by atoms with Crippen LogP contribution in [0.3, 0.4) is 0 Å². The van der Waals surface area contributed by atoms with E-state index in [-0.39, 0.29) is 0 Å². The molecule has 1 aromatic carbocycles. The predicted octanol–water partition coefficient (Wildman–Crippen LogP) is 2.16. The van der Waals surface area contributed by atoms with Crippen molar-refractivity contribution in [3.8, 4) is 0 Å². The third-order valence-corrected chi connectivity index (χ3v) is 2.87. The lowest BCUT2D eigenvalue weighted by Gasteiger charge is -2.03. The minimum atomic E-state index is 0.514. The number of rotatable bonds is 4. The van der Waals surface area contributed by atoms with Crippen molar-refractivity contribution in [3.05, 3.63) is 34.7 Å². The number of nitrogen functional groups attached to an aromatic ring is 1. The number of hydrogen-bond acceptors (Lipinski definition) is 5. The van der Waals surface area contributed by atoms with Crippen LogP contribution < -0.4 is 10.6 Å². The summed E-state index contributed by atoms with van der Waals surface area (Å²) in [6, 6.07) is 6.12. The highest BCUT2D eigenvalue weighted by molar-refractivity contribution is 6.33. The number of hydrogen-bond donors (Lipinski definition) is 1. The van der Waals surface area contributed by atoms with E-state index in [1.165, 1.54) is 0 Å². The molecule has 0 aliphatic rings. The zero-order valence-corrected chi connectivity index (χ0v) is 11.1. The van der Waals surface area contributed by atoms with Crippen LogP contribution in [0.15, 0.2) is 22.6 Å². The van der Waals surface area contributed by atoms with Gasteiger partial charge in [0.25, 0.3) is 0 Å². The van der Waals surface area contributed by atoms with Crippen molar-refractivity contribution in [2.75, 3.05) is 24.7 Å². The van der Waals surface area contributed by atoms with E-state index < -0.39 is 0 Å². The molecular formula is C12H15ClN4O. The quantitative estimate of drug-likeness (QED) is 0.859. The molecule has 1 heterocycles. The van der Waals surface area contributed by atoms with Gasteiger partial charge in [-0.05, 0) is 24.1 Å². The molecule has 2 aromatic rings. The van der Waals surface area contributed by atoms with Crippen molar-refractivity contribution in [1.82, 2.24) is 10.2 Å². The maximum Gasteiger partial charge on any atom is 0.317 e. The maximum absolute atomic E-state index is 5.86. The van der Waals surface area contributed by atoms with Gasteiger partial charge in [0, 0.05) is 20.5 Å². The lowest BCUT2D eigenvalue weighted by Crippen LogP contribution is -2.08. The number of anilines is 2. The van der Waals surface area contributed by atoms with E-state index in [1.807, 2.05) is 26.2 Å². The molecule has 0 spiro atoms. The summed E-state index contributed by atoms with van der Waals surface area (Å²) in [6.45, 7) is 0. The van der Waals surface area contributed by atoms with Gasteiger partial charge in [-0.25, -0.2) is 0 Å². The molecule has 2 rings (SSSR count). The van der Waals surface area contributed by atoms with Crippen molar-refractivity contribution in [2.24, 2.45) is 0 Å². The second-order valence-electron chi connectivity index (χ2n) is 4.23. The molecule has 2 N–H and O–H groups in total. The minimum Gasteiger partial charge on any atom is -0.408 e. The molecule has 0 aliphatic heterocycles. The van der Waals surface area contributed by atoms with E-state index in [1.54, 1.807) is 11.0 Å². The Morgan fingerprint density at radius 3 is 2.67 bits per heavy atom. The predicted molar refractivity (Wildman–Crippen MR) is 71.9 cm³/mol. The van der Waals surface area contributed by atoms with Gasteiger partial charge in [0.15, 0.2) is 0 Å². The van der Waals surface area contributed by atoms with E-state index in [9.17, 15) is 0 Å². The Balaban J connectivity index is 2.00. The first kappa shape index (κ1) is 12.7. The van der Waals surface area contributed by atoms with Gasteiger partial charge in [0.05, 0.1) is 10.7 Å². The topological polar surface area (TPSA) is 68.2 Å². The highest BCUT2D eigenvalue weighted by atomic mass is 35.5. The third-order valence-electron chi connectivity index (χ3n) is 2.53. The smallest absolute Gasteiger partial charge is 0.317 e. The van der Waals surface area contributed by atoms with Gasteiger partial charge in [-0.1, -0.05) is 22.8 Å². The van der Waals surface area contributed by atoms with Crippen molar-refractivity contribution < 1.29 is 4.42 Å². The van der Waals surface area contributed by atoms with E-state index in [4.69, 9.17) is 21.8 Å². The van der Waals surface area contributed by atoms with Gasteiger partial charge in [-0.2, -0.15) is 0 Å². The summed E-state index contributed by atoms with van der Waals surface area (Å²) in [5, 5.41) is 8.48. The molecule has 0 atom stereocenters. The van der Waals surface area contributed by atoms with Crippen molar-refractivity contribution >= 4 is 23.3 Å². The van der Waals surface area contributed by atoms with Gasteiger partial charge in [0.2, 0.25) is 5.89 Å². The van der Waals surface area contributed by atoms with E-state index in [0.717, 1.165) is 12.0 Å². The number of aromatic nitrogens is 2. The molecule has 6 heteroatoms. The van der Waals surface area contributed by atoms with Crippen LogP contribution in [0.5, 0.6) is 0 Å². The van der Waals surface area contributed by atoms with Crippen LogP contribution in [0.25, 0.3) is 0 Å². The standard InChI is InChI=1S/C12H15ClN4O/c1-17(2)12-16-15-11(18-12)6-4-8-3-5-9(13)10(14)7-8/h3,5,7H,4,6,14H2,1-2H3. The van der Waals surface area contributed by atoms with Crippen LogP contribution >= 0.6 is 11.6 Å². The Bertz CT molecular complexity index is 539. The zero-order valence-electron chi connectivity index (χ0n) is 10.4. The largest absolute Gasteiger partial charge is 0.408 e. The molecule has 0 saturated carbocycles. The molecule has 96 valence electrons. The van der Waals surface area contributed by atoms with Crippen LogP contribution in [-0.2, 0) is 12.8 Å². The first-order chi connectivity index (χ1) is 8.56. The van der Waals surface area contributed by atoms with Crippen LogP contribution in [0, 0.1) is 0 Å². The SMILES string of the molecule is CN(C)c1nnc(CCc2ccc(Cl)c(N)c2)o1. The Kier molecular flexibility index (Phi) is 3.72. The summed E-state index contributed by atoms with van der Waals surface area (Å²) in [4.78, 5) is 1.77. The molecule has 0 saturated heterocycles. The van der Waals surface area contributed by atoms with E-state index >= 15 is 0 Å². The van der Waals surface area contributed by atoms with E-state index in [0.29, 0.717) is 29.0 Å². The Hall–Kier alpha value is -1.75. The molecule has 0 unspecified atom stereocenters. The summed E-state index contributed by atoms with van der Waals surface area (Å²) < 4.78 is 5.47. The van der Waals surface area contributed by atoms with Crippen LogP contribution in [0.1, 0.15) is 11.5 Å². The number of nitrogens with two attached hydrogens (primary N) is 1. The van der Waals surface area contributed by atoms with Crippen molar-refractivity contribution in [2.45, 2.75) is 12.8 Å². The molecule has 0 fully saturated rings. The second kappa shape index (κ2) is 5.27. The molecule has 0 bridgehead atoms. The fourth-order valence-electron chi connectivity index (χ4n) is 1.53. The zero-order chi connectivity index (χ0) is 13.1. The number of benzene rings is 1. The lowest BCUT2D eigenvalue weighted by molar-refractivity contribution is 0.494. The average Bonchev–Trinajstić information content (AvgIpc) is 2.79. The van der Waals surface area contributed by atoms with Crippen LogP contribution in [0.4, 0.5) is 11.7 Å². The van der Waals surface area contributed by atoms with Gasteiger partial charge in [-0.3, -0.25) is 0 Å². The molecule has 5 nitrogen and oxygen atoms in total. The normalized spacial score (nSPS) is 10.6. The first-order valence-electron chi connectivity index (χ1n) is 5.60. The Labute approximate surface area is 111 Å². The van der Waals surface area contributed by atoms with Crippen molar-refractivity contribution in [3.63, 3.8) is 0 Å². The van der Waals surface area contributed by atoms with Gasteiger partial charge >= 0.3 is 6.01 Å². The highest BCUT2D eigenvalue weighted by Gasteiger charge is 2.08.